The van der Waals surface area contributed by atoms with Crippen LogP contribution in [0.1, 0.15) is 47.2 Å². The quantitative estimate of drug-likeness (QED) is 0.180. The van der Waals surface area contributed by atoms with E-state index in [1.54, 1.807) is 18.3 Å². The predicted octanol–water partition coefficient (Wildman–Crippen LogP) is 3.45. The monoisotopic (exact) mass is 617 g/mol. The van der Waals surface area contributed by atoms with Gasteiger partial charge in [-0.05, 0) is 74.2 Å². The Morgan fingerprint density at radius 2 is 1.83 bits per heavy atom. The van der Waals surface area contributed by atoms with Gasteiger partial charge in [0.2, 0.25) is 11.8 Å². The lowest BCUT2D eigenvalue weighted by Gasteiger charge is -2.29. The Kier molecular flexibility index (Phi) is 8.50. The van der Waals surface area contributed by atoms with Crippen LogP contribution in [0, 0.1) is 23.2 Å². The number of nitrogens with two attached hydrogens (primary N) is 2. The van der Waals surface area contributed by atoms with Crippen molar-refractivity contribution in [1.29, 1.82) is 10.8 Å². The van der Waals surface area contributed by atoms with Crippen molar-refractivity contribution in [2.24, 2.45) is 16.1 Å². The number of amides is 2. The fraction of sp³-hybridized carbons (Fsp3) is 0.314. The van der Waals surface area contributed by atoms with Gasteiger partial charge in [0.25, 0.3) is 0 Å². The van der Waals surface area contributed by atoms with E-state index in [2.05, 4.69) is 21.0 Å². The zero-order chi connectivity index (χ0) is 32.4. The highest BCUT2D eigenvalue weighted by atomic mass is 16.2. The minimum atomic E-state index is -0.509. The average Bonchev–Trinajstić information content (AvgIpc) is 3.63. The predicted molar refractivity (Wildman–Crippen MR) is 181 cm³/mol. The van der Waals surface area contributed by atoms with Gasteiger partial charge in [-0.2, -0.15) is 0 Å². The van der Waals surface area contributed by atoms with Crippen molar-refractivity contribution >= 4 is 46.6 Å². The molecular weight excluding hydrogens is 578 g/mol. The third-order valence-electron chi connectivity index (χ3n) is 9.40. The molecule has 6 rings (SSSR count). The first-order chi connectivity index (χ1) is 22.2. The Hall–Kier alpha value is -5.16. The Morgan fingerprint density at radius 1 is 1.04 bits per heavy atom. The summed E-state index contributed by atoms with van der Waals surface area (Å²) < 4.78 is 0. The van der Waals surface area contributed by atoms with Crippen molar-refractivity contribution in [1.82, 2.24) is 14.8 Å². The van der Waals surface area contributed by atoms with Crippen molar-refractivity contribution in [3.63, 3.8) is 0 Å². The van der Waals surface area contributed by atoms with Gasteiger partial charge in [-0.25, -0.2) is 4.99 Å². The molecule has 2 saturated heterocycles. The number of nitrogens with one attached hydrogen (secondary N) is 2. The van der Waals surface area contributed by atoms with Crippen molar-refractivity contribution in [2.75, 3.05) is 49.9 Å². The summed E-state index contributed by atoms with van der Waals surface area (Å²) in [6.45, 7) is 5.22. The highest BCUT2D eigenvalue weighted by molar-refractivity contribution is 6.15. The molecule has 0 aliphatic carbocycles. The maximum Gasteiger partial charge on any atom is 0.237 e. The van der Waals surface area contributed by atoms with E-state index in [-0.39, 0.29) is 17.6 Å². The summed E-state index contributed by atoms with van der Waals surface area (Å²) in [5.74, 6) is 0.268. The molecule has 2 fully saturated rings. The molecule has 0 saturated carbocycles. The molecular formula is C35H39N9O2. The number of aromatic nitrogens is 1. The summed E-state index contributed by atoms with van der Waals surface area (Å²) in [6.07, 6.45) is 7.09. The molecule has 3 aliphatic rings. The number of carbonyl (C=O) groups is 2. The Balaban J connectivity index is 1.06. The largest absolute Gasteiger partial charge is 0.398 e. The third-order valence-corrected chi connectivity index (χ3v) is 9.40. The van der Waals surface area contributed by atoms with Gasteiger partial charge in [-0.15, -0.1) is 0 Å². The number of nitrogens with zero attached hydrogens (tertiary/aromatic N) is 5. The lowest BCUT2D eigenvalue weighted by atomic mass is 9.85. The van der Waals surface area contributed by atoms with Crippen LogP contribution in [0.15, 0.2) is 71.9 Å². The second kappa shape index (κ2) is 12.7. The molecule has 236 valence electrons. The topological polar surface area (TPSA) is 169 Å². The summed E-state index contributed by atoms with van der Waals surface area (Å²) >= 11 is 0. The van der Waals surface area contributed by atoms with Crippen LogP contribution in [0.5, 0.6) is 0 Å². The van der Waals surface area contributed by atoms with Crippen molar-refractivity contribution in [3.05, 3.63) is 94.8 Å². The minimum absolute atomic E-state index is 0.0750. The van der Waals surface area contributed by atoms with Crippen LogP contribution in [0.4, 0.5) is 11.4 Å². The summed E-state index contributed by atoms with van der Waals surface area (Å²) in [4.78, 5) is 41.0. The highest BCUT2D eigenvalue weighted by Crippen LogP contribution is 2.43. The first-order valence-corrected chi connectivity index (χ1v) is 15.5. The number of aliphatic imine (C=N–C) groups is 1. The number of amidine groups is 1. The van der Waals surface area contributed by atoms with E-state index in [0.717, 1.165) is 48.1 Å². The maximum atomic E-state index is 13.9. The van der Waals surface area contributed by atoms with Gasteiger partial charge in [0, 0.05) is 66.1 Å². The molecule has 6 N–H and O–H groups in total. The zero-order valence-electron chi connectivity index (χ0n) is 26.0. The first kappa shape index (κ1) is 30.8. The average molecular weight is 618 g/mol. The van der Waals surface area contributed by atoms with Gasteiger partial charge in [0.15, 0.2) is 5.84 Å². The Morgan fingerprint density at radius 3 is 2.54 bits per heavy atom. The SMILES string of the molecule is Cc1cc(C(=N)c2cc(N3CCC4(CCN(CC(=O)N5CC=C(c6ccc(C(=N)/N=C\N)cc6)CC5)C4)C3=O)ccc2N)ccn1. The number of pyridine rings is 1. The number of benzene rings is 2. The van der Waals surface area contributed by atoms with Gasteiger partial charge < -0.3 is 21.3 Å². The van der Waals surface area contributed by atoms with Crippen molar-refractivity contribution in [3.8, 4) is 0 Å². The molecule has 1 atom stereocenters. The molecule has 1 unspecified atom stereocenters. The van der Waals surface area contributed by atoms with E-state index in [4.69, 9.17) is 22.3 Å². The summed E-state index contributed by atoms with van der Waals surface area (Å²) in [5.41, 5.74) is 17.7. The molecule has 2 amide bonds. The lowest BCUT2D eigenvalue weighted by Crippen LogP contribution is -2.43. The fourth-order valence-electron chi connectivity index (χ4n) is 6.76. The summed E-state index contributed by atoms with van der Waals surface area (Å²) in [6, 6.07) is 16.8. The van der Waals surface area contributed by atoms with Crippen molar-refractivity contribution in [2.45, 2.75) is 26.2 Å². The number of nitrogen functional groups attached to an aromatic ring is 1. The number of hydrogen-bond acceptors (Lipinski definition) is 7. The Bertz CT molecular complexity index is 1760. The van der Waals surface area contributed by atoms with Crippen LogP contribution in [-0.4, -0.2) is 83.8 Å². The van der Waals surface area contributed by atoms with E-state index in [1.807, 2.05) is 59.2 Å². The summed E-state index contributed by atoms with van der Waals surface area (Å²) in [5, 5.41) is 16.7. The highest BCUT2D eigenvalue weighted by Gasteiger charge is 2.51. The number of anilines is 2. The van der Waals surface area contributed by atoms with Crippen LogP contribution in [0.2, 0.25) is 0 Å². The molecule has 3 aromatic rings. The van der Waals surface area contributed by atoms with E-state index >= 15 is 0 Å². The summed E-state index contributed by atoms with van der Waals surface area (Å²) in [7, 11) is 0. The van der Waals surface area contributed by atoms with Crippen LogP contribution >= 0.6 is 0 Å². The minimum Gasteiger partial charge on any atom is -0.398 e. The smallest absolute Gasteiger partial charge is 0.237 e. The zero-order valence-corrected chi connectivity index (χ0v) is 26.0. The molecule has 4 heterocycles. The third kappa shape index (κ3) is 6.05. The van der Waals surface area contributed by atoms with E-state index < -0.39 is 5.41 Å². The standard InChI is InChI=1S/C35H39N9O2/c1-23-18-27(8-13-40-23)32(38)29-19-28(6-7-30(29)37)44-17-12-35(34(44)46)11-16-42(21-35)20-31(45)43-14-9-25(10-15-43)24-2-4-26(5-3-24)33(39)41-22-36/h2-9,13,18-19,22,38H,10-12,14-17,20-21,37H2,1H3,(H3,36,39,41). The van der Waals surface area contributed by atoms with E-state index in [0.29, 0.717) is 61.8 Å². The Labute approximate surface area is 268 Å². The van der Waals surface area contributed by atoms with Crippen LogP contribution < -0.4 is 16.4 Å². The molecule has 3 aliphatic heterocycles. The maximum absolute atomic E-state index is 13.9. The van der Waals surface area contributed by atoms with Gasteiger partial charge in [0.1, 0.15) is 0 Å². The van der Waals surface area contributed by atoms with E-state index in [9.17, 15) is 9.59 Å². The van der Waals surface area contributed by atoms with Crippen molar-refractivity contribution < 1.29 is 9.59 Å². The number of likely N-dealkylation sites (tertiary alicyclic amines) is 1. The molecule has 11 nitrogen and oxygen atoms in total. The fourth-order valence-corrected chi connectivity index (χ4v) is 6.76. The van der Waals surface area contributed by atoms with Gasteiger partial charge in [0.05, 0.1) is 24.0 Å². The molecule has 46 heavy (non-hydrogen) atoms. The molecule has 2 aromatic carbocycles. The number of aryl methyl sites for hydroxylation is 1. The molecule has 0 bridgehead atoms. The first-order valence-electron chi connectivity index (χ1n) is 15.5. The number of carbonyl (C=O) groups excluding carboxylic acids is 2. The van der Waals surface area contributed by atoms with Gasteiger partial charge >= 0.3 is 0 Å². The van der Waals surface area contributed by atoms with Gasteiger partial charge in [-0.1, -0.05) is 30.3 Å². The normalized spacial score (nSPS) is 20.1. The second-order valence-electron chi connectivity index (χ2n) is 12.3. The molecule has 0 radical (unpaired) electrons. The molecule has 1 aromatic heterocycles. The second-order valence-corrected chi connectivity index (χ2v) is 12.3. The number of rotatable bonds is 7. The van der Waals surface area contributed by atoms with E-state index in [1.165, 1.54) is 5.57 Å². The van der Waals surface area contributed by atoms with Crippen LogP contribution in [0.25, 0.3) is 5.57 Å². The van der Waals surface area contributed by atoms with Crippen LogP contribution in [0.3, 0.4) is 0 Å². The molecule has 1 spiro atoms. The lowest BCUT2D eigenvalue weighted by molar-refractivity contribution is -0.132. The van der Waals surface area contributed by atoms with Gasteiger partial charge in [-0.3, -0.25) is 30.3 Å². The molecule has 11 heteroatoms. The van der Waals surface area contributed by atoms with Crippen LogP contribution in [-0.2, 0) is 9.59 Å². The number of hydrogen-bond donors (Lipinski definition) is 4.